The van der Waals surface area contributed by atoms with Crippen molar-refractivity contribution >= 4 is 17.7 Å². The molecule has 5 aromatic rings. The second-order valence-corrected chi connectivity index (χ2v) is 8.31. The number of aryl methyl sites for hydroxylation is 1. The number of esters is 1. The molecule has 0 bridgehead atoms. The predicted molar refractivity (Wildman–Crippen MR) is 138 cm³/mol. The van der Waals surface area contributed by atoms with Gasteiger partial charge in [0, 0.05) is 29.1 Å². The van der Waals surface area contributed by atoms with Crippen molar-refractivity contribution in [2.75, 3.05) is 6.61 Å². The van der Waals surface area contributed by atoms with Gasteiger partial charge in [-0.3, -0.25) is 9.67 Å². The van der Waals surface area contributed by atoms with Gasteiger partial charge in [0.25, 0.3) is 0 Å². The number of benzene rings is 1. The van der Waals surface area contributed by atoms with Crippen molar-refractivity contribution < 1.29 is 9.53 Å². The van der Waals surface area contributed by atoms with Gasteiger partial charge in [-0.05, 0) is 61.9 Å². The smallest absolute Gasteiger partial charge is 0.330 e. The Morgan fingerprint density at radius 1 is 1.14 bits per heavy atom. The average Bonchev–Trinajstić information content (AvgIpc) is 3.55. The Morgan fingerprint density at radius 3 is 2.81 bits per heavy atom. The maximum atomic E-state index is 12.1. The highest BCUT2D eigenvalue weighted by Gasteiger charge is 2.19. The van der Waals surface area contributed by atoms with E-state index < -0.39 is 5.97 Å². The van der Waals surface area contributed by atoms with Gasteiger partial charge in [-0.15, -0.1) is 0 Å². The van der Waals surface area contributed by atoms with Crippen molar-refractivity contribution in [3.05, 3.63) is 95.7 Å². The standard InChI is InChI=1S/C28H23N7O2/c1-3-37-27(36)13-11-25-22(10-12-26-30-18-31-35(25)26)23-17-34(16-21-8-5-7-20(14-21)15-29)33-28(23)24-9-4-6-19(2)32-24/h4-14,17-18H,3,16H2,1-2H3/b13-11+. The molecule has 0 spiro atoms. The molecular weight excluding hydrogens is 466 g/mol. The van der Waals surface area contributed by atoms with Crippen LogP contribution in [0.1, 0.15) is 29.4 Å². The Morgan fingerprint density at radius 2 is 2.00 bits per heavy atom. The second-order valence-electron chi connectivity index (χ2n) is 8.31. The minimum Gasteiger partial charge on any atom is -0.463 e. The third kappa shape index (κ3) is 4.99. The van der Waals surface area contributed by atoms with Crippen LogP contribution in [0, 0.1) is 18.3 Å². The molecule has 0 radical (unpaired) electrons. The summed E-state index contributed by atoms with van der Waals surface area (Å²) in [7, 11) is 0. The lowest BCUT2D eigenvalue weighted by molar-refractivity contribution is -0.137. The van der Waals surface area contributed by atoms with Gasteiger partial charge in [0.2, 0.25) is 0 Å². The second kappa shape index (κ2) is 10.3. The molecule has 0 amide bonds. The molecule has 0 aliphatic heterocycles. The number of fused-ring (bicyclic) bond motifs is 1. The van der Waals surface area contributed by atoms with Gasteiger partial charge < -0.3 is 4.74 Å². The van der Waals surface area contributed by atoms with E-state index in [1.165, 1.54) is 12.4 Å². The first-order chi connectivity index (χ1) is 18.1. The molecule has 4 aromatic heterocycles. The van der Waals surface area contributed by atoms with Crippen LogP contribution in [0.2, 0.25) is 0 Å². The molecule has 4 heterocycles. The van der Waals surface area contributed by atoms with Gasteiger partial charge in [0.1, 0.15) is 12.0 Å². The van der Waals surface area contributed by atoms with Crippen molar-refractivity contribution in [2.45, 2.75) is 20.4 Å². The van der Waals surface area contributed by atoms with Crippen molar-refractivity contribution in [1.29, 1.82) is 5.26 Å². The van der Waals surface area contributed by atoms with Crippen LogP contribution in [0.3, 0.4) is 0 Å². The number of nitrogens with zero attached hydrogens (tertiary/aromatic N) is 7. The molecule has 0 aliphatic rings. The number of hydrogen-bond donors (Lipinski definition) is 0. The van der Waals surface area contributed by atoms with E-state index in [0.717, 1.165) is 28.1 Å². The Labute approximate surface area is 213 Å². The Hall–Kier alpha value is -5.10. The Balaban J connectivity index is 1.68. The minimum atomic E-state index is -0.445. The molecule has 9 nitrogen and oxygen atoms in total. The van der Waals surface area contributed by atoms with Gasteiger partial charge in [-0.25, -0.2) is 14.3 Å². The van der Waals surface area contributed by atoms with E-state index in [9.17, 15) is 10.1 Å². The van der Waals surface area contributed by atoms with Crippen molar-refractivity contribution in [1.82, 2.24) is 29.4 Å². The van der Waals surface area contributed by atoms with Gasteiger partial charge in [-0.1, -0.05) is 18.2 Å². The van der Waals surface area contributed by atoms with Crippen LogP contribution in [-0.4, -0.2) is 41.9 Å². The summed E-state index contributed by atoms with van der Waals surface area (Å²) < 4.78 is 8.58. The van der Waals surface area contributed by atoms with E-state index in [4.69, 9.17) is 14.8 Å². The molecule has 182 valence electrons. The first-order valence-corrected chi connectivity index (χ1v) is 11.7. The number of carbonyl (C=O) groups is 1. The lowest BCUT2D eigenvalue weighted by atomic mass is 10.0. The maximum absolute atomic E-state index is 12.1. The highest BCUT2D eigenvalue weighted by atomic mass is 16.5. The fraction of sp³-hybridized carbons (Fsp3) is 0.143. The lowest BCUT2D eigenvalue weighted by Crippen LogP contribution is -2.01. The van der Waals surface area contributed by atoms with Crippen LogP contribution in [0.15, 0.2) is 73.2 Å². The third-order valence-corrected chi connectivity index (χ3v) is 5.72. The van der Waals surface area contributed by atoms with Crippen LogP contribution in [0.5, 0.6) is 0 Å². The van der Waals surface area contributed by atoms with Crippen LogP contribution in [-0.2, 0) is 16.1 Å². The highest BCUT2D eigenvalue weighted by Crippen LogP contribution is 2.33. The Bertz CT molecular complexity index is 1670. The molecule has 0 saturated carbocycles. The quantitative estimate of drug-likeness (QED) is 0.245. The predicted octanol–water partition coefficient (Wildman–Crippen LogP) is 4.46. The van der Waals surface area contributed by atoms with Gasteiger partial charge in [0.05, 0.1) is 36.2 Å². The number of ether oxygens (including phenoxy) is 1. The number of hydrogen-bond acceptors (Lipinski definition) is 7. The molecule has 1 aromatic carbocycles. The SMILES string of the molecule is CCOC(=O)/C=C/c1c(-c2cn(Cc3cccc(C#N)c3)nc2-c2cccc(C)n2)ccc2ncnn12. The van der Waals surface area contributed by atoms with E-state index in [0.29, 0.717) is 29.1 Å². The largest absolute Gasteiger partial charge is 0.463 e. The van der Waals surface area contributed by atoms with E-state index >= 15 is 0 Å². The van der Waals surface area contributed by atoms with Gasteiger partial charge >= 0.3 is 5.97 Å². The van der Waals surface area contributed by atoms with E-state index in [1.54, 1.807) is 23.6 Å². The molecule has 0 aliphatic carbocycles. The number of pyridine rings is 2. The molecule has 9 heteroatoms. The zero-order valence-corrected chi connectivity index (χ0v) is 20.4. The van der Waals surface area contributed by atoms with E-state index in [-0.39, 0.29) is 6.61 Å². The number of aromatic nitrogens is 6. The fourth-order valence-corrected chi connectivity index (χ4v) is 4.12. The molecule has 0 fully saturated rings. The molecule has 0 unspecified atom stereocenters. The van der Waals surface area contributed by atoms with Crippen molar-refractivity contribution in [2.24, 2.45) is 0 Å². The molecule has 5 rings (SSSR count). The Kier molecular flexibility index (Phi) is 6.55. The summed E-state index contributed by atoms with van der Waals surface area (Å²) in [5.41, 5.74) is 6.73. The summed E-state index contributed by atoms with van der Waals surface area (Å²) in [4.78, 5) is 21.1. The lowest BCUT2D eigenvalue weighted by Gasteiger charge is -2.09. The third-order valence-electron chi connectivity index (χ3n) is 5.72. The topological polar surface area (TPSA) is 111 Å². The summed E-state index contributed by atoms with van der Waals surface area (Å²) in [6.07, 6.45) is 6.47. The van der Waals surface area contributed by atoms with Crippen LogP contribution in [0.25, 0.3) is 34.2 Å². The van der Waals surface area contributed by atoms with Crippen molar-refractivity contribution in [3.63, 3.8) is 0 Å². The molecule has 0 N–H and O–H groups in total. The zero-order valence-electron chi connectivity index (χ0n) is 20.4. The van der Waals surface area contributed by atoms with Crippen LogP contribution in [0.4, 0.5) is 0 Å². The average molecular weight is 490 g/mol. The first-order valence-electron chi connectivity index (χ1n) is 11.7. The van der Waals surface area contributed by atoms with E-state index in [2.05, 4.69) is 16.2 Å². The monoisotopic (exact) mass is 489 g/mol. The minimum absolute atomic E-state index is 0.284. The molecular formula is C28H23N7O2. The molecule has 37 heavy (non-hydrogen) atoms. The van der Waals surface area contributed by atoms with Gasteiger partial charge in [-0.2, -0.15) is 15.5 Å². The maximum Gasteiger partial charge on any atom is 0.330 e. The summed E-state index contributed by atoms with van der Waals surface area (Å²) >= 11 is 0. The number of rotatable bonds is 7. The summed E-state index contributed by atoms with van der Waals surface area (Å²) in [6.45, 7) is 4.44. The number of nitriles is 1. The zero-order chi connectivity index (χ0) is 25.8. The summed E-state index contributed by atoms with van der Waals surface area (Å²) in [5.74, 6) is -0.445. The molecule has 0 atom stereocenters. The van der Waals surface area contributed by atoms with Crippen LogP contribution >= 0.6 is 0 Å². The first kappa shape index (κ1) is 23.6. The van der Waals surface area contributed by atoms with Crippen LogP contribution < -0.4 is 0 Å². The van der Waals surface area contributed by atoms with Gasteiger partial charge in [0.15, 0.2) is 5.65 Å². The van der Waals surface area contributed by atoms with E-state index in [1.807, 2.05) is 66.3 Å². The highest BCUT2D eigenvalue weighted by molar-refractivity contribution is 5.90. The van der Waals surface area contributed by atoms with Crippen molar-refractivity contribution in [3.8, 4) is 28.6 Å². The summed E-state index contributed by atoms with van der Waals surface area (Å²) in [5, 5.41) is 18.5. The number of carbonyl (C=O) groups excluding carboxylic acids is 1. The molecule has 0 saturated heterocycles. The summed E-state index contributed by atoms with van der Waals surface area (Å²) in [6, 6.07) is 19.2. The fourth-order valence-electron chi connectivity index (χ4n) is 4.12. The normalized spacial score (nSPS) is 11.2.